The number of hydrogen-bond donors (Lipinski definition) is 1. The van der Waals surface area contributed by atoms with Crippen molar-refractivity contribution in [3.63, 3.8) is 0 Å². The third-order valence-corrected chi connectivity index (χ3v) is 6.10. The molecule has 0 radical (unpaired) electrons. The van der Waals surface area contributed by atoms with Crippen LogP contribution in [0.4, 0.5) is 10.5 Å². The molecule has 1 N–H and O–H groups in total. The maximum atomic E-state index is 12.3. The average Bonchev–Trinajstić information content (AvgIpc) is 2.93. The van der Waals surface area contributed by atoms with Crippen LogP contribution in [0.15, 0.2) is 109 Å². The number of hydrogen-bond acceptors (Lipinski definition) is 4. The zero-order valence-corrected chi connectivity index (χ0v) is 22.2. The van der Waals surface area contributed by atoms with Gasteiger partial charge in [-0.25, -0.2) is 4.79 Å². The van der Waals surface area contributed by atoms with Gasteiger partial charge in [0.15, 0.2) is 0 Å². The van der Waals surface area contributed by atoms with E-state index in [1.54, 1.807) is 0 Å². The number of carbonyl (C=O) groups excluding carboxylic acids is 1. The third kappa shape index (κ3) is 7.34. The first-order valence-electron chi connectivity index (χ1n) is 12.8. The Morgan fingerprint density at radius 1 is 0.711 bits per heavy atom. The van der Waals surface area contributed by atoms with Crippen LogP contribution < -0.4 is 14.8 Å². The van der Waals surface area contributed by atoms with Gasteiger partial charge in [0, 0.05) is 12.2 Å². The number of amides is 1. The highest BCUT2D eigenvalue weighted by Crippen LogP contribution is 2.35. The quantitative estimate of drug-likeness (QED) is 0.225. The maximum absolute atomic E-state index is 12.3. The maximum Gasteiger partial charge on any atom is 0.417 e. The Morgan fingerprint density at radius 3 is 1.82 bits per heavy atom. The number of carbonyl (C=O) groups is 1. The summed E-state index contributed by atoms with van der Waals surface area (Å²) in [5.74, 6) is 1.32. The second kappa shape index (κ2) is 13.3. The minimum atomic E-state index is -0.525. The van der Waals surface area contributed by atoms with Crippen molar-refractivity contribution >= 4 is 22.9 Å². The Morgan fingerprint density at radius 2 is 1.26 bits per heavy atom. The van der Waals surface area contributed by atoms with Crippen LogP contribution >= 0.6 is 0 Å². The van der Waals surface area contributed by atoms with E-state index in [-0.39, 0.29) is 0 Å². The lowest BCUT2D eigenvalue weighted by Gasteiger charge is -2.17. The summed E-state index contributed by atoms with van der Waals surface area (Å²) >= 11 is 0. The van der Waals surface area contributed by atoms with Crippen molar-refractivity contribution in [3.8, 4) is 11.5 Å². The summed E-state index contributed by atoms with van der Waals surface area (Å²) in [5, 5.41) is 2.74. The van der Waals surface area contributed by atoms with Gasteiger partial charge in [0.05, 0.1) is 0 Å². The molecule has 4 rings (SSSR count). The minimum Gasteiger partial charge on any atom is -0.492 e. The van der Waals surface area contributed by atoms with Gasteiger partial charge in [0.2, 0.25) is 0 Å². The SMILES string of the molecule is CCC(=C(c1ccc(OCCN(C)C)cc1)c1ccc(OC(=O)Nc2ccccc2)cc1)c1ccccc1. The second-order valence-corrected chi connectivity index (χ2v) is 9.15. The summed E-state index contributed by atoms with van der Waals surface area (Å²) in [4.78, 5) is 14.4. The number of rotatable bonds is 10. The number of nitrogens with zero attached hydrogens (tertiary/aromatic N) is 1. The van der Waals surface area contributed by atoms with Crippen LogP contribution in [0, 0.1) is 0 Å². The van der Waals surface area contributed by atoms with Gasteiger partial charge in [-0.2, -0.15) is 0 Å². The highest BCUT2D eigenvalue weighted by Gasteiger charge is 2.14. The minimum absolute atomic E-state index is 0.476. The normalized spacial score (nSPS) is 11.6. The molecule has 0 atom stereocenters. The van der Waals surface area contributed by atoms with Crippen molar-refractivity contribution in [2.24, 2.45) is 0 Å². The zero-order valence-electron chi connectivity index (χ0n) is 22.2. The first kappa shape index (κ1) is 26.7. The molecule has 0 aliphatic rings. The molecule has 0 heterocycles. The predicted octanol–water partition coefficient (Wildman–Crippen LogP) is 7.61. The van der Waals surface area contributed by atoms with E-state index >= 15 is 0 Å². The van der Waals surface area contributed by atoms with Gasteiger partial charge in [-0.3, -0.25) is 5.32 Å². The van der Waals surface area contributed by atoms with Crippen molar-refractivity contribution in [1.82, 2.24) is 4.90 Å². The predicted molar refractivity (Wildman–Crippen MR) is 156 cm³/mol. The van der Waals surface area contributed by atoms with Gasteiger partial charge in [-0.15, -0.1) is 0 Å². The third-order valence-electron chi connectivity index (χ3n) is 6.10. The van der Waals surface area contributed by atoms with Gasteiger partial charge >= 0.3 is 6.09 Å². The summed E-state index contributed by atoms with van der Waals surface area (Å²) in [6, 6.07) is 35.6. The highest BCUT2D eigenvalue weighted by atomic mass is 16.6. The van der Waals surface area contributed by atoms with E-state index in [2.05, 4.69) is 53.5 Å². The van der Waals surface area contributed by atoms with Gasteiger partial charge in [0.25, 0.3) is 0 Å². The summed E-state index contributed by atoms with van der Waals surface area (Å²) < 4.78 is 11.4. The summed E-state index contributed by atoms with van der Waals surface area (Å²) in [6.07, 6.45) is 0.334. The number of likely N-dealkylation sites (N-methyl/N-ethyl adjacent to an activating group) is 1. The molecule has 1 amide bonds. The van der Waals surface area contributed by atoms with Gasteiger partial charge in [0.1, 0.15) is 18.1 Å². The molecular weight excluding hydrogens is 472 g/mol. The molecule has 0 aliphatic carbocycles. The van der Waals surface area contributed by atoms with E-state index in [0.717, 1.165) is 35.4 Å². The van der Waals surface area contributed by atoms with Crippen LogP contribution in [0.5, 0.6) is 11.5 Å². The topological polar surface area (TPSA) is 50.8 Å². The smallest absolute Gasteiger partial charge is 0.417 e. The molecule has 0 spiro atoms. The van der Waals surface area contributed by atoms with Gasteiger partial charge in [-0.1, -0.05) is 79.7 Å². The molecule has 5 heteroatoms. The molecule has 4 aromatic carbocycles. The molecule has 4 aromatic rings. The highest BCUT2D eigenvalue weighted by molar-refractivity contribution is 5.98. The van der Waals surface area contributed by atoms with Crippen molar-refractivity contribution in [2.75, 3.05) is 32.6 Å². The lowest BCUT2D eigenvalue weighted by atomic mass is 9.88. The fourth-order valence-corrected chi connectivity index (χ4v) is 4.21. The Labute approximate surface area is 225 Å². The average molecular weight is 507 g/mol. The van der Waals surface area contributed by atoms with Crippen molar-refractivity contribution in [2.45, 2.75) is 13.3 Å². The van der Waals surface area contributed by atoms with E-state index in [0.29, 0.717) is 18.0 Å². The Bertz CT molecular complexity index is 1330. The summed E-state index contributed by atoms with van der Waals surface area (Å²) in [5.41, 5.74) is 6.38. The number of benzene rings is 4. The summed E-state index contributed by atoms with van der Waals surface area (Å²) in [7, 11) is 4.07. The van der Waals surface area contributed by atoms with E-state index in [1.165, 1.54) is 11.1 Å². The monoisotopic (exact) mass is 506 g/mol. The van der Waals surface area contributed by atoms with E-state index in [9.17, 15) is 4.79 Å². The number of para-hydroxylation sites is 1. The van der Waals surface area contributed by atoms with Crippen LogP contribution in [0.2, 0.25) is 0 Å². The van der Waals surface area contributed by atoms with Crippen LogP contribution in [0.1, 0.15) is 30.0 Å². The number of allylic oxidation sites excluding steroid dienone is 1. The van der Waals surface area contributed by atoms with Crippen molar-refractivity contribution in [1.29, 1.82) is 0 Å². The molecule has 0 unspecified atom stereocenters. The van der Waals surface area contributed by atoms with Crippen LogP contribution in [-0.4, -0.2) is 38.2 Å². The first-order valence-corrected chi connectivity index (χ1v) is 12.8. The Balaban J connectivity index is 1.61. The molecule has 0 aliphatic heterocycles. The molecule has 194 valence electrons. The van der Waals surface area contributed by atoms with Crippen LogP contribution in [0.25, 0.3) is 11.1 Å². The molecule has 0 fully saturated rings. The molecule has 0 bridgehead atoms. The number of anilines is 1. The Kier molecular flexibility index (Phi) is 9.32. The zero-order chi connectivity index (χ0) is 26.7. The first-order chi connectivity index (χ1) is 18.5. The number of nitrogens with one attached hydrogen (secondary N) is 1. The van der Waals surface area contributed by atoms with E-state index < -0.39 is 6.09 Å². The molecule has 38 heavy (non-hydrogen) atoms. The molecule has 0 saturated heterocycles. The van der Waals surface area contributed by atoms with Crippen LogP contribution in [0.3, 0.4) is 0 Å². The fourth-order valence-electron chi connectivity index (χ4n) is 4.21. The largest absolute Gasteiger partial charge is 0.492 e. The second-order valence-electron chi connectivity index (χ2n) is 9.15. The molecular formula is C33H34N2O3. The van der Waals surface area contributed by atoms with E-state index in [4.69, 9.17) is 9.47 Å². The molecule has 0 aromatic heterocycles. The molecule has 5 nitrogen and oxygen atoms in total. The lowest BCUT2D eigenvalue weighted by Crippen LogP contribution is -2.19. The number of ether oxygens (including phenoxy) is 2. The summed E-state index contributed by atoms with van der Waals surface area (Å²) in [6.45, 7) is 3.67. The standard InChI is InChI=1S/C33H34N2O3/c1-4-31(25-11-7-5-8-12-25)32(26-15-19-29(20-16-26)37-24-23-35(2)3)27-17-21-30(22-18-27)38-33(36)34-28-13-9-6-10-14-28/h5-22H,4,23-24H2,1-3H3,(H,34,36). The fraction of sp³-hybridized carbons (Fsp3) is 0.182. The van der Waals surface area contributed by atoms with Crippen LogP contribution in [-0.2, 0) is 0 Å². The van der Waals surface area contributed by atoms with Gasteiger partial charge < -0.3 is 14.4 Å². The Hall–Kier alpha value is -4.35. The van der Waals surface area contributed by atoms with Crippen molar-refractivity contribution < 1.29 is 14.3 Å². The molecule has 0 saturated carbocycles. The van der Waals surface area contributed by atoms with Crippen molar-refractivity contribution in [3.05, 3.63) is 126 Å². The van der Waals surface area contributed by atoms with E-state index in [1.807, 2.05) is 86.9 Å². The van der Waals surface area contributed by atoms with Gasteiger partial charge in [-0.05, 0) is 84.8 Å². The lowest BCUT2D eigenvalue weighted by molar-refractivity contribution is 0.215.